The number of benzene rings is 2. The maximum atomic E-state index is 12.0. The molecule has 0 radical (unpaired) electrons. The first-order valence-corrected chi connectivity index (χ1v) is 9.03. The lowest BCUT2D eigenvalue weighted by Crippen LogP contribution is -2.18. The lowest BCUT2D eigenvalue weighted by atomic mass is 10.2. The summed E-state index contributed by atoms with van der Waals surface area (Å²) in [6, 6.07) is 12.8. The number of nitrogens with one attached hydrogen (secondary N) is 1. The van der Waals surface area contributed by atoms with Gasteiger partial charge in [0.1, 0.15) is 0 Å². The van der Waals surface area contributed by atoms with E-state index in [9.17, 15) is 13.2 Å². The molecule has 0 unspecified atom stereocenters. The molecular weight excluding hydrogens is 354 g/mol. The predicted octanol–water partition coefficient (Wildman–Crippen LogP) is 1.28. The number of aromatic nitrogens is 2. The van der Waals surface area contributed by atoms with Crippen LogP contribution in [0.15, 0.2) is 77.2 Å². The van der Waals surface area contributed by atoms with Crippen LogP contribution in [0.1, 0.15) is 15.9 Å². The van der Waals surface area contributed by atoms with Gasteiger partial charge in [-0.15, -0.1) is 0 Å². The van der Waals surface area contributed by atoms with Crippen molar-refractivity contribution in [3.05, 3.63) is 78.4 Å². The fourth-order valence-corrected chi connectivity index (χ4v) is 2.69. The SMILES string of the molecule is NS(=O)(=O)c1ccc(C(=O)N/N=C/c2ccc(-n3ccnc3)cc2)cc1. The Morgan fingerprint density at radius 3 is 2.38 bits per heavy atom. The van der Waals surface area contributed by atoms with Gasteiger partial charge in [-0.1, -0.05) is 12.1 Å². The third kappa shape index (κ3) is 4.21. The Morgan fingerprint density at radius 2 is 1.81 bits per heavy atom. The van der Waals surface area contributed by atoms with Gasteiger partial charge in [0, 0.05) is 23.6 Å². The van der Waals surface area contributed by atoms with Gasteiger partial charge in [-0.05, 0) is 42.0 Å². The van der Waals surface area contributed by atoms with Gasteiger partial charge in [0.15, 0.2) is 0 Å². The summed E-state index contributed by atoms with van der Waals surface area (Å²) < 4.78 is 24.3. The largest absolute Gasteiger partial charge is 0.306 e. The monoisotopic (exact) mass is 369 g/mol. The number of nitrogens with zero attached hydrogens (tertiary/aromatic N) is 3. The van der Waals surface area contributed by atoms with E-state index in [0.29, 0.717) is 0 Å². The zero-order valence-electron chi connectivity index (χ0n) is 13.5. The van der Waals surface area contributed by atoms with Crippen LogP contribution in [0.3, 0.4) is 0 Å². The molecule has 2 aromatic carbocycles. The first kappa shape index (κ1) is 17.5. The van der Waals surface area contributed by atoms with Crippen molar-refractivity contribution in [3.8, 4) is 5.69 Å². The number of carbonyl (C=O) groups excluding carboxylic acids is 1. The molecule has 0 aliphatic rings. The summed E-state index contributed by atoms with van der Waals surface area (Å²) in [5.41, 5.74) is 4.41. The summed E-state index contributed by atoms with van der Waals surface area (Å²) in [5, 5.41) is 8.91. The standard InChI is InChI=1S/C17H15N5O3S/c18-26(24,25)16-7-3-14(4-8-16)17(23)21-20-11-13-1-5-15(6-2-13)22-10-9-19-12-22/h1-12H,(H,21,23)(H2,18,24,25)/b20-11+. The second-order valence-electron chi connectivity index (χ2n) is 5.33. The van der Waals surface area contributed by atoms with Crippen LogP contribution >= 0.6 is 0 Å². The molecule has 0 fully saturated rings. The molecule has 1 amide bonds. The Labute approximate surface area is 150 Å². The van der Waals surface area contributed by atoms with E-state index in [-0.39, 0.29) is 10.5 Å². The second-order valence-corrected chi connectivity index (χ2v) is 6.89. The van der Waals surface area contributed by atoms with E-state index < -0.39 is 15.9 Å². The van der Waals surface area contributed by atoms with Crippen LogP contribution in [-0.4, -0.2) is 30.1 Å². The van der Waals surface area contributed by atoms with Crippen molar-refractivity contribution in [2.45, 2.75) is 4.90 Å². The Morgan fingerprint density at radius 1 is 1.12 bits per heavy atom. The fourth-order valence-electron chi connectivity index (χ4n) is 2.17. The zero-order chi connectivity index (χ0) is 18.6. The summed E-state index contributed by atoms with van der Waals surface area (Å²) in [7, 11) is -3.79. The number of hydrazone groups is 1. The van der Waals surface area contributed by atoms with Gasteiger partial charge in [0.25, 0.3) is 5.91 Å². The van der Waals surface area contributed by atoms with Gasteiger partial charge in [-0.2, -0.15) is 5.10 Å². The van der Waals surface area contributed by atoms with E-state index in [4.69, 9.17) is 5.14 Å². The normalized spacial score (nSPS) is 11.6. The Hall–Kier alpha value is -3.30. The number of nitrogens with two attached hydrogens (primary N) is 1. The van der Waals surface area contributed by atoms with Crippen LogP contribution in [0.5, 0.6) is 0 Å². The molecule has 3 N–H and O–H groups in total. The maximum Gasteiger partial charge on any atom is 0.271 e. The van der Waals surface area contributed by atoms with Crippen molar-refractivity contribution in [2.75, 3.05) is 0 Å². The summed E-state index contributed by atoms with van der Waals surface area (Å²) in [5.74, 6) is -0.461. The predicted molar refractivity (Wildman–Crippen MR) is 96.4 cm³/mol. The average Bonchev–Trinajstić information content (AvgIpc) is 3.16. The van der Waals surface area contributed by atoms with Gasteiger partial charge < -0.3 is 4.57 Å². The molecule has 3 rings (SSSR count). The minimum absolute atomic E-state index is 0.0597. The molecule has 3 aromatic rings. The van der Waals surface area contributed by atoms with Gasteiger partial charge in [0.2, 0.25) is 10.0 Å². The topological polar surface area (TPSA) is 119 Å². The van der Waals surface area contributed by atoms with Gasteiger partial charge in [-0.3, -0.25) is 4.79 Å². The summed E-state index contributed by atoms with van der Waals surface area (Å²) in [4.78, 5) is 15.9. The molecular formula is C17H15N5O3S. The number of imidazole rings is 1. The van der Waals surface area contributed by atoms with Crippen LogP contribution in [0, 0.1) is 0 Å². The van der Waals surface area contributed by atoms with Gasteiger partial charge >= 0.3 is 0 Å². The summed E-state index contributed by atoms with van der Waals surface area (Å²) in [6.45, 7) is 0. The van der Waals surface area contributed by atoms with Crippen LogP contribution in [-0.2, 0) is 10.0 Å². The van der Waals surface area contributed by atoms with E-state index in [0.717, 1.165) is 11.3 Å². The molecule has 9 heteroatoms. The average molecular weight is 369 g/mol. The van der Waals surface area contributed by atoms with Crippen molar-refractivity contribution in [1.29, 1.82) is 0 Å². The van der Waals surface area contributed by atoms with E-state index in [1.54, 1.807) is 12.5 Å². The third-order valence-corrected chi connectivity index (χ3v) is 4.45. The molecule has 26 heavy (non-hydrogen) atoms. The highest BCUT2D eigenvalue weighted by molar-refractivity contribution is 7.89. The first-order chi connectivity index (χ1) is 12.4. The molecule has 0 saturated heterocycles. The maximum absolute atomic E-state index is 12.0. The molecule has 1 aromatic heterocycles. The zero-order valence-corrected chi connectivity index (χ0v) is 14.3. The first-order valence-electron chi connectivity index (χ1n) is 7.48. The highest BCUT2D eigenvalue weighted by Gasteiger charge is 2.09. The van der Waals surface area contributed by atoms with Crippen LogP contribution in [0.4, 0.5) is 0 Å². The quantitative estimate of drug-likeness (QED) is 0.520. The lowest BCUT2D eigenvalue weighted by molar-refractivity contribution is 0.0955. The Bertz CT molecular complexity index is 1030. The number of sulfonamides is 1. The van der Waals surface area contributed by atoms with Crippen LogP contribution in [0.2, 0.25) is 0 Å². The molecule has 1 heterocycles. The lowest BCUT2D eigenvalue weighted by Gasteiger charge is -2.03. The number of amides is 1. The van der Waals surface area contributed by atoms with Crippen molar-refractivity contribution in [2.24, 2.45) is 10.2 Å². The Balaban J connectivity index is 1.62. The van der Waals surface area contributed by atoms with Crippen molar-refractivity contribution in [3.63, 3.8) is 0 Å². The molecule has 0 aliphatic carbocycles. The fraction of sp³-hybridized carbons (Fsp3) is 0. The molecule has 0 saturated carbocycles. The molecule has 132 valence electrons. The number of hydrogen-bond donors (Lipinski definition) is 2. The minimum atomic E-state index is -3.79. The minimum Gasteiger partial charge on any atom is -0.306 e. The Kier molecular flexibility index (Phi) is 4.92. The van der Waals surface area contributed by atoms with E-state index in [2.05, 4.69) is 15.5 Å². The molecule has 0 bridgehead atoms. The number of hydrogen-bond acceptors (Lipinski definition) is 5. The summed E-state index contributed by atoms with van der Waals surface area (Å²) in [6.07, 6.45) is 6.74. The summed E-state index contributed by atoms with van der Waals surface area (Å²) >= 11 is 0. The second kappa shape index (κ2) is 7.30. The van der Waals surface area contributed by atoms with E-state index in [1.807, 2.05) is 35.0 Å². The highest BCUT2D eigenvalue weighted by atomic mass is 32.2. The van der Waals surface area contributed by atoms with Gasteiger partial charge in [-0.25, -0.2) is 24.0 Å². The van der Waals surface area contributed by atoms with Crippen molar-refractivity contribution in [1.82, 2.24) is 15.0 Å². The van der Waals surface area contributed by atoms with Crippen molar-refractivity contribution >= 4 is 22.1 Å². The van der Waals surface area contributed by atoms with E-state index in [1.165, 1.54) is 30.5 Å². The number of rotatable bonds is 5. The molecule has 0 spiro atoms. The molecule has 0 aliphatic heterocycles. The molecule has 0 atom stereocenters. The van der Waals surface area contributed by atoms with Crippen LogP contribution < -0.4 is 10.6 Å². The van der Waals surface area contributed by atoms with Gasteiger partial charge in [0.05, 0.1) is 17.4 Å². The van der Waals surface area contributed by atoms with Crippen molar-refractivity contribution < 1.29 is 13.2 Å². The smallest absolute Gasteiger partial charge is 0.271 e. The number of carbonyl (C=O) groups is 1. The highest BCUT2D eigenvalue weighted by Crippen LogP contribution is 2.09. The molecule has 8 nitrogen and oxygen atoms in total. The number of primary sulfonamides is 1. The van der Waals surface area contributed by atoms with Crippen LogP contribution in [0.25, 0.3) is 5.69 Å². The third-order valence-electron chi connectivity index (χ3n) is 3.52. The van der Waals surface area contributed by atoms with E-state index >= 15 is 0 Å².